The molecule has 0 spiro atoms. The zero-order chi connectivity index (χ0) is 16.0. The predicted octanol–water partition coefficient (Wildman–Crippen LogP) is 1.05. The fraction of sp³-hybridized carbons (Fsp3) is 0.733. The van der Waals surface area contributed by atoms with Crippen LogP contribution in [-0.2, 0) is 18.4 Å². The highest BCUT2D eigenvalue weighted by molar-refractivity contribution is 5.76. The summed E-state index contributed by atoms with van der Waals surface area (Å²) in [5, 5.41) is 10.6. The Balaban J connectivity index is 2.77. The smallest absolute Gasteiger partial charge is 0.221 e. The van der Waals surface area contributed by atoms with Gasteiger partial charge in [0, 0.05) is 46.2 Å². The molecule has 0 saturated heterocycles. The van der Waals surface area contributed by atoms with Crippen molar-refractivity contribution in [2.75, 3.05) is 32.1 Å². The van der Waals surface area contributed by atoms with Crippen LogP contribution >= 0.6 is 0 Å². The Morgan fingerprint density at radius 2 is 2.10 bits per heavy atom. The van der Waals surface area contributed by atoms with Gasteiger partial charge in [-0.15, -0.1) is 0 Å². The Hall–Kier alpha value is -1.56. The molecule has 0 aromatic carbocycles. The van der Waals surface area contributed by atoms with Gasteiger partial charge in [-0.05, 0) is 19.4 Å². The Kier molecular flexibility index (Phi) is 6.68. The first-order valence-corrected chi connectivity index (χ1v) is 7.51. The Morgan fingerprint density at radius 1 is 1.43 bits per heavy atom. The molecule has 6 heteroatoms. The van der Waals surface area contributed by atoms with Crippen molar-refractivity contribution in [1.29, 1.82) is 0 Å². The first-order chi connectivity index (χ1) is 9.86. The van der Waals surface area contributed by atoms with Gasteiger partial charge in [0.05, 0.1) is 5.69 Å². The number of carbonyl (C=O) groups is 1. The van der Waals surface area contributed by atoms with Crippen molar-refractivity contribution in [2.24, 2.45) is 13.0 Å². The van der Waals surface area contributed by atoms with Crippen molar-refractivity contribution in [3.05, 3.63) is 11.3 Å². The number of aryl methyl sites for hydroxylation is 2. The molecule has 0 aliphatic rings. The van der Waals surface area contributed by atoms with Crippen LogP contribution in [0.5, 0.6) is 0 Å². The lowest BCUT2D eigenvalue weighted by atomic mass is 10.2. The van der Waals surface area contributed by atoms with Crippen LogP contribution in [0.2, 0.25) is 0 Å². The van der Waals surface area contributed by atoms with Crippen molar-refractivity contribution in [2.45, 2.75) is 33.7 Å². The first kappa shape index (κ1) is 17.5. The third-order valence-corrected chi connectivity index (χ3v) is 3.48. The highest BCUT2D eigenvalue weighted by atomic mass is 16.1. The lowest BCUT2D eigenvalue weighted by Gasteiger charge is -2.21. The van der Waals surface area contributed by atoms with Crippen LogP contribution in [0.3, 0.4) is 0 Å². The minimum atomic E-state index is 0.0558. The van der Waals surface area contributed by atoms with Gasteiger partial charge in [0.25, 0.3) is 0 Å². The summed E-state index contributed by atoms with van der Waals surface area (Å²) in [5.41, 5.74) is 2.24. The van der Waals surface area contributed by atoms with E-state index in [1.54, 1.807) is 7.05 Å². The number of aromatic nitrogens is 2. The average molecular weight is 295 g/mol. The van der Waals surface area contributed by atoms with Gasteiger partial charge in [-0.1, -0.05) is 13.8 Å². The number of nitrogens with zero attached hydrogens (tertiary/aromatic N) is 3. The number of rotatable bonds is 8. The minimum absolute atomic E-state index is 0.0558. The van der Waals surface area contributed by atoms with E-state index in [0.717, 1.165) is 24.6 Å². The first-order valence-electron chi connectivity index (χ1n) is 7.51. The molecule has 0 saturated carbocycles. The minimum Gasteiger partial charge on any atom is -0.359 e. The molecule has 1 heterocycles. The van der Waals surface area contributed by atoms with E-state index in [1.807, 2.05) is 25.7 Å². The van der Waals surface area contributed by atoms with Gasteiger partial charge in [0.15, 0.2) is 0 Å². The Bertz CT molecular complexity index is 467. The number of hydrogen-bond donors (Lipinski definition) is 2. The Labute approximate surface area is 127 Å². The van der Waals surface area contributed by atoms with Crippen LogP contribution in [0.15, 0.2) is 0 Å². The molecule has 0 aliphatic carbocycles. The maximum absolute atomic E-state index is 11.4. The van der Waals surface area contributed by atoms with Gasteiger partial charge in [0.1, 0.15) is 5.82 Å². The van der Waals surface area contributed by atoms with E-state index < -0.39 is 0 Å². The van der Waals surface area contributed by atoms with Gasteiger partial charge in [-0.3, -0.25) is 9.48 Å². The monoisotopic (exact) mass is 295 g/mol. The molecule has 1 rings (SSSR count). The molecule has 0 radical (unpaired) electrons. The average Bonchev–Trinajstić information content (AvgIpc) is 2.70. The molecule has 0 fully saturated rings. The number of carbonyl (C=O) groups excluding carboxylic acids is 1. The summed E-state index contributed by atoms with van der Waals surface area (Å²) in [6.45, 7) is 8.88. The second kappa shape index (κ2) is 8.02. The van der Waals surface area contributed by atoms with E-state index in [-0.39, 0.29) is 5.91 Å². The van der Waals surface area contributed by atoms with Crippen LogP contribution in [0, 0.1) is 12.8 Å². The van der Waals surface area contributed by atoms with E-state index in [2.05, 4.69) is 34.5 Å². The summed E-state index contributed by atoms with van der Waals surface area (Å²) >= 11 is 0. The van der Waals surface area contributed by atoms with Crippen LogP contribution in [0.4, 0.5) is 5.82 Å². The van der Waals surface area contributed by atoms with Crippen LogP contribution in [0.1, 0.15) is 31.5 Å². The maximum Gasteiger partial charge on any atom is 0.221 e. The van der Waals surface area contributed by atoms with E-state index >= 15 is 0 Å². The summed E-state index contributed by atoms with van der Waals surface area (Å²) in [7, 11) is 5.62. The second-order valence-corrected chi connectivity index (χ2v) is 5.88. The number of nitrogens with one attached hydrogen (secondary N) is 2. The molecule has 6 nitrogen and oxygen atoms in total. The number of anilines is 1. The van der Waals surface area contributed by atoms with E-state index in [4.69, 9.17) is 0 Å². The van der Waals surface area contributed by atoms with Crippen LogP contribution in [0.25, 0.3) is 0 Å². The van der Waals surface area contributed by atoms with Crippen molar-refractivity contribution in [3.8, 4) is 0 Å². The summed E-state index contributed by atoms with van der Waals surface area (Å²) < 4.78 is 1.89. The summed E-state index contributed by atoms with van der Waals surface area (Å²) in [5.74, 6) is 1.75. The summed E-state index contributed by atoms with van der Waals surface area (Å²) in [6.07, 6.45) is 0.482. The zero-order valence-corrected chi connectivity index (χ0v) is 14.2. The van der Waals surface area contributed by atoms with Gasteiger partial charge in [-0.2, -0.15) is 5.10 Å². The van der Waals surface area contributed by atoms with Crippen molar-refractivity contribution in [3.63, 3.8) is 0 Å². The van der Waals surface area contributed by atoms with Crippen LogP contribution in [-0.4, -0.2) is 42.9 Å². The summed E-state index contributed by atoms with van der Waals surface area (Å²) in [6, 6.07) is 0. The molecule has 0 bridgehead atoms. The molecule has 1 amide bonds. The largest absolute Gasteiger partial charge is 0.359 e. The third kappa shape index (κ3) is 5.04. The second-order valence-electron chi connectivity index (χ2n) is 5.88. The SMILES string of the molecule is CNC(=O)CCN(C)c1c(CNCC(C)C)c(C)nn1C. The molecule has 0 aliphatic heterocycles. The fourth-order valence-electron chi connectivity index (χ4n) is 2.36. The van der Waals surface area contributed by atoms with Crippen molar-refractivity contribution < 1.29 is 4.79 Å². The standard InChI is InChI=1S/C15H29N5O/c1-11(2)9-17-10-13-12(3)18-20(6)15(13)19(5)8-7-14(21)16-4/h11,17H,7-10H2,1-6H3,(H,16,21). The zero-order valence-electron chi connectivity index (χ0n) is 14.2. The Morgan fingerprint density at radius 3 is 2.67 bits per heavy atom. The quantitative estimate of drug-likeness (QED) is 0.752. The number of amides is 1. The highest BCUT2D eigenvalue weighted by Crippen LogP contribution is 2.22. The van der Waals surface area contributed by atoms with E-state index in [0.29, 0.717) is 18.9 Å². The molecule has 1 aromatic rings. The number of hydrogen-bond acceptors (Lipinski definition) is 4. The van der Waals surface area contributed by atoms with E-state index in [1.165, 1.54) is 5.56 Å². The lowest BCUT2D eigenvalue weighted by Crippen LogP contribution is -2.29. The lowest BCUT2D eigenvalue weighted by molar-refractivity contribution is -0.120. The van der Waals surface area contributed by atoms with Gasteiger partial charge < -0.3 is 15.5 Å². The van der Waals surface area contributed by atoms with E-state index in [9.17, 15) is 4.79 Å². The van der Waals surface area contributed by atoms with Crippen molar-refractivity contribution in [1.82, 2.24) is 20.4 Å². The van der Waals surface area contributed by atoms with Crippen LogP contribution < -0.4 is 15.5 Å². The molecule has 1 aromatic heterocycles. The molecule has 0 atom stereocenters. The van der Waals surface area contributed by atoms with Gasteiger partial charge in [0.2, 0.25) is 5.91 Å². The molecule has 2 N–H and O–H groups in total. The molecule has 0 unspecified atom stereocenters. The van der Waals surface area contributed by atoms with Gasteiger partial charge in [-0.25, -0.2) is 0 Å². The molecule has 120 valence electrons. The third-order valence-electron chi connectivity index (χ3n) is 3.48. The predicted molar refractivity (Wildman–Crippen MR) is 86.4 cm³/mol. The molecular weight excluding hydrogens is 266 g/mol. The molecule has 21 heavy (non-hydrogen) atoms. The van der Waals surface area contributed by atoms with Crippen molar-refractivity contribution >= 4 is 11.7 Å². The van der Waals surface area contributed by atoms with Gasteiger partial charge >= 0.3 is 0 Å². The fourth-order valence-corrected chi connectivity index (χ4v) is 2.36. The highest BCUT2D eigenvalue weighted by Gasteiger charge is 2.17. The molecular formula is C15H29N5O. The normalized spacial score (nSPS) is 11.0. The summed E-state index contributed by atoms with van der Waals surface area (Å²) in [4.78, 5) is 13.5. The maximum atomic E-state index is 11.4. The topological polar surface area (TPSA) is 62.2 Å².